The minimum absolute atomic E-state index is 0.0543. The Morgan fingerprint density at radius 1 is 1.41 bits per heavy atom. The molecule has 0 spiro atoms. The molecule has 3 aliphatic carbocycles. The highest BCUT2D eigenvalue weighted by molar-refractivity contribution is 7.86. The van der Waals surface area contributed by atoms with Crippen LogP contribution in [-0.2, 0) is 24.4 Å². The second-order valence-corrected chi connectivity index (χ2v) is 7.77. The molecule has 6 nitrogen and oxygen atoms in total. The van der Waals surface area contributed by atoms with Gasteiger partial charge in [-0.05, 0) is 31.6 Å². The van der Waals surface area contributed by atoms with Gasteiger partial charge < -0.3 is 4.74 Å². The molecule has 3 fully saturated rings. The van der Waals surface area contributed by atoms with Gasteiger partial charge in [0.15, 0.2) is 6.61 Å². The molecule has 22 heavy (non-hydrogen) atoms. The lowest BCUT2D eigenvalue weighted by molar-refractivity contribution is -0.171. The molecule has 2 bridgehead atoms. The molecule has 0 heterocycles. The zero-order valence-electron chi connectivity index (χ0n) is 12.0. The number of halogens is 2. The molecule has 3 rings (SSSR count). The normalized spacial score (nSPS) is 32.1. The van der Waals surface area contributed by atoms with Crippen molar-refractivity contribution in [2.75, 3.05) is 6.61 Å². The van der Waals surface area contributed by atoms with Crippen molar-refractivity contribution in [3.05, 3.63) is 0 Å². The van der Waals surface area contributed by atoms with Gasteiger partial charge in [0, 0.05) is 12.3 Å². The summed E-state index contributed by atoms with van der Waals surface area (Å²) in [6.45, 7) is 0.0958. The predicted octanol–water partition coefficient (Wildman–Crippen LogP) is 1.80. The molecule has 0 radical (unpaired) electrons. The average Bonchev–Trinajstić information content (AvgIpc) is 2.59. The molecule has 0 amide bonds. The van der Waals surface area contributed by atoms with Crippen molar-refractivity contribution in [1.82, 2.24) is 0 Å². The maximum absolute atomic E-state index is 13.1. The van der Waals surface area contributed by atoms with E-state index in [-0.39, 0.29) is 24.0 Å². The Morgan fingerprint density at radius 3 is 2.50 bits per heavy atom. The van der Waals surface area contributed by atoms with E-state index in [0.29, 0.717) is 25.7 Å². The Bertz CT molecular complexity index is 579. The van der Waals surface area contributed by atoms with Crippen molar-refractivity contribution in [3.8, 4) is 0 Å². The summed E-state index contributed by atoms with van der Waals surface area (Å²) in [7, 11) is -5.63. The van der Waals surface area contributed by atoms with Gasteiger partial charge in [0.2, 0.25) is 0 Å². The van der Waals surface area contributed by atoms with Crippen molar-refractivity contribution >= 4 is 21.9 Å². The number of alkyl halides is 2. The van der Waals surface area contributed by atoms with Crippen LogP contribution in [0.2, 0.25) is 0 Å². The maximum Gasteiger partial charge on any atom is 0.402 e. The second kappa shape index (κ2) is 5.52. The van der Waals surface area contributed by atoms with Crippen molar-refractivity contribution in [2.24, 2.45) is 17.3 Å². The Balaban J connectivity index is 2.05. The van der Waals surface area contributed by atoms with Gasteiger partial charge in [0.25, 0.3) is 0 Å². The second-order valence-electron chi connectivity index (χ2n) is 6.22. The van der Waals surface area contributed by atoms with E-state index in [1.165, 1.54) is 0 Å². The first kappa shape index (κ1) is 17.3. The number of carbonyl (C=O) groups excluding carboxylic acids is 2. The Morgan fingerprint density at radius 2 is 2.00 bits per heavy atom. The number of fused-ring (bicyclic) bond motifs is 3. The lowest BCUT2D eigenvalue weighted by Gasteiger charge is -2.43. The molecular weight excluding hydrogens is 322 g/mol. The zero-order valence-corrected chi connectivity index (χ0v) is 12.9. The molecule has 9 heteroatoms. The summed E-state index contributed by atoms with van der Waals surface area (Å²) >= 11 is 0. The van der Waals surface area contributed by atoms with Crippen LogP contribution < -0.4 is 0 Å². The van der Waals surface area contributed by atoms with Gasteiger partial charge >= 0.3 is 21.3 Å². The number of rotatable bonds is 5. The molecule has 0 aromatic heterocycles. The van der Waals surface area contributed by atoms with Crippen LogP contribution in [0, 0.1) is 17.3 Å². The monoisotopic (exact) mass is 340 g/mol. The van der Waals surface area contributed by atoms with E-state index >= 15 is 0 Å². The van der Waals surface area contributed by atoms with Gasteiger partial charge in [-0.2, -0.15) is 17.2 Å². The molecule has 0 saturated heterocycles. The Kier molecular flexibility index (Phi) is 4.33. The molecule has 126 valence electrons. The maximum atomic E-state index is 13.1. The first-order valence-electron chi connectivity index (χ1n) is 7.05. The molecule has 0 aliphatic heterocycles. The number of ether oxygens (including phenoxy) is 1. The summed E-state index contributed by atoms with van der Waals surface area (Å²) in [5.41, 5.74) is -0.979. The van der Waals surface area contributed by atoms with Gasteiger partial charge in [-0.15, -0.1) is 0 Å². The molecule has 1 unspecified atom stereocenters. The summed E-state index contributed by atoms with van der Waals surface area (Å²) in [4.78, 5) is 24.0. The third-order valence-corrected chi connectivity index (χ3v) is 5.49. The van der Waals surface area contributed by atoms with Gasteiger partial charge in [-0.3, -0.25) is 14.1 Å². The quantitative estimate of drug-likeness (QED) is 0.605. The molecule has 0 aromatic carbocycles. The molecule has 1 atom stereocenters. The SMILES string of the molecule is CCC1CC2(C(=O)OCC(F)(F)S(=O)(=O)O)CC(CC1=O)C2. The minimum atomic E-state index is -5.63. The standard InChI is InChI=1S/C13H18F2O6S/c1-2-9-6-12(4-8(5-12)3-10(9)16)11(17)21-7-13(14,15)22(18,19)20/h8-9H,2-7H2,1H3,(H,18,19,20). The number of carbonyl (C=O) groups is 2. The zero-order chi connectivity index (χ0) is 16.8. The van der Waals surface area contributed by atoms with Crippen LogP contribution in [-0.4, -0.2) is 36.6 Å². The highest BCUT2D eigenvalue weighted by atomic mass is 32.2. The van der Waals surface area contributed by atoms with Crippen molar-refractivity contribution in [1.29, 1.82) is 0 Å². The van der Waals surface area contributed by atoms with E-state index in [4.69, 9.17) is 4.55 Å². The smallest absolute Gasteiger partial charge is 0.402 e. The molecule has 0 aromatic rings. The molecular formula is C13H18F2O6S. The van der Waals surface area contributed by atoms with Crippen LogP contribution in [0.25, 0.3) is 0 Å². The van der Waals surface area contributed by atoms with E-state index in [2.05, 4.69) is 4.74 Å². The third-order valence-electron chi connectivity index (χ3n) is 4.62. The summed E-state index contributed by atoms with van der Waals surface area (Å²) in [6, 6.07) is 0. The summed E-state index contributed by atoms with van der Waals surface area (Å²) in [5.74, 6) is -1.09. The highest BCUT2D eigenvalue weighted by Gasteiger charge is 2.56. The first-order valence-corrected chi connectivity index (χ1v) is 8.49. The predicted molar refractivity (Wildman–Crippen MR) is 70.6 cm³/mol. The third kappa shape index (κ3) is 3.01. The summed E-state index contributed by atoms with van der Waals surface area (Å²) in [6.07, 6.45) is 1.97. The van der Waals surface area contributed by atoms with Gasteiger partial charge in [-0.1, -0.05) is 6.92 Å². The van der Waals surface area contributed by atoms with Crippen LogP contribution in [0.15, 0.2) is 0 Å². The van der Waals surface area contributed by atoms with Crippen molar-refractivity contribution < 1.29 is 36.1 Å². The van der Waals surface area contributed by atoms with Crippen molar-refractivity contribution in [2.45, 2.75) is 44.3 Å². The van der Waals surface area contributed by atoms with E-state index in [0.717, 1.165) is 0 Å². The fourth-order valence-electron chi connectivity index (χ4n) is 3.39. The fourth-order valence-corrected chi connectivity index (χ4v) is 3.60. The summed E-state index contributed by atoms with van der Waals surface area (Å²) < 4.78 is 60.1. The number of esters is 1. The molecule has 3 saturated carbocycles. The van der Waals surface area contributed by atoms with Crippen molar-refractivity contribution in [3.63, 3.8) is 0 Å². The first-order chi connectivity index (χ1) is 10.0. The number of hydrogen-bond donors (Lipinski definition) is 1. The van der Waals surface area contributed by atoms with Crippen LogP contribution in [0.1, 0.15) is 39.0 Å². The average molecular weight is 340 g/mol. The van der Waals surface area contributed by atoms with Crippen LogP contribution in [0.5, 0.6) is 0 Å². The topological polar surface area (TPSA) is 97.7 Å². The van der Waals surface area contributed by atoms with Gasteiger partial charge in [0.1, 0.15) is 5.78 Å². The Hall–Kier alpha value is -1.09. The van der Waals surface area contributed by atoms with E-state index < -0.39 is 33.4 Å². The van der Waals surface area contributed by atoms with E-state index in [1.54, 1.807) is 0 Å². The van der Waals surface area contributed by atoms with Crippen LogP contribution in [0.4, 0.5) is 8.78 Å². The number of Topliss-reactive ketones (excluding diaryl/α,β-unsaturated/α-hetero) is 1. The lowest BCUT2D eigenvalue weighted by Crippen LogP contribution is -2.46. The lowest BCUT2D eigenvalue weighted by atomic mass is 9.60. The van der Waals surface area contributed by atoms with Crippen LogP contribution in [0.3, 0.4) is 0 Å². The molecule has 3 aliphatic rings. The molecule has 1 N–H and O–H groups in total. The van der Waals surface area contributed by atoms with Gasteiger partial charge in [-0.25, -0.2) is 0 Å². The minimum Gasteiger partial charge on any atom is -0.458 e. The largest absolute Gasteiger partial charge is 0.458 e. The Labute approximate surface area is 127 Å². The number of ketones is 1. The summed E-state index contributed by atoms with van der Waals surface area (Å²) in [5, 5.41) is -4.53. The number of hydrogen-bond acceptors (Lipinski definition) is 5. The van der Waals surface area contributed by atoms with E-state index in [1.807, 2.05) is 6.92 Å². The van der Waals surface area contributed by atoms with E-state index in [9.17, 15) is 26.8 Å². The highest BCUT2D eigenvalue weighted by Crippen LogP contribution is 2.55. The van der Waals surface area contributed by atoms with Gasteiger partial charge in [0.05, 0.1) is 5.41 Å². The van der Waals surface area contributed by atoms with Crippen LogP contribution >= 0.6 is 0 Å². The fraction of sp³-hybridized carbons (Fsp3) is 0.846.